The largest absolute Gasteiger partial charge is 0.481 e. The number of aliphatic carboxylic acids is 2. The molecule has 0 saturated carbocycles. The molecule has 0 spiro atoms. The summed E-state index contributed by atoms with van der Waals surface area (Å²) < 4.78 is 120. The molecule has 6 N–H and O–H groups in total. The molecule has 2 aromatic heterocycles. The predicted molar refractivity (Wildman–Crippen MR) is 479 cm³/mol. The molecule has 0 saturated heterocycles. The second-order valence-corrected chi connectivity index (χ2v) is 33.5. The van der Waals surface area contributed by atoms with E-state index in [1.807, 2.05) is 128 Å². The van der Waals surface area contributed by atoms with Crippen molar-refractivity contribution in [3.63, 3.8) is 0 Å². The Kier molecular flexibility index (Phi) is 38.8. The van der Waals surface area contributed by atoms with Crippen LogP contribution >= 0.6 is 0 Å². The van der Waals surface area contributed by atoms with Crippen molar-refractivity contribution in [2.24, 2.45) is 11.7 Å². The van der Waals surface area contributed by atoms with Crippen molar-refractivity contribution in [2.45, 2.75) is 155 Å². The van der Waals surface area contributed by atoms with Gasteiger partial charge < -0.3 is 78.3 Å². The Morgan fingerprint density at radius 2 is 0.788 bits per heavy atom. The minimum absolute atomic E-state index is 0.0251. The summed E-state index contributed by atoms with van der Waals surface area (Å²) in [5, 5.41) is 30.5. The van der Waals surface area contributed by atoms with E-state index in [2.05, 4.69) is 44.2 Å². The molecule has 30 nitrogen and oxygen atoms in total. The highest BCUT2D eigenvalue weighted by molar-refractivity contribution is 5.89. The van der Waals surface area contributed by atoms with E-state index in [4.69, 9.17) is 53.8 Å². The van der Waals surface area contributed by atoms with Crippen molar-refractivity contribution in [1.29, 1.82) is 0 Å². The predicted octanol–water partition coefficient (Wildman–Crippen LogP) is 14.2. The van der Waals surface area contributed by atoms with Crippen molar-refractivity contribution in [2.75, 3.05) is 107 Å². The number of amides is 4. The van der Waals surface area contributed by atoms with E-state index in [1.165, 1.54) is 10.0 Å². The second-order valence-electron chi connectivity index (χ2n) is 33.5. The molecule has 0 radical (unpaired) electrons. The minimum atomic E-state index is -2.35. The quantitative estimate of drug-likeness (QED) is 0.00346. The number of ketones is 1. The Morgan fingerprint density at radius 3 is 1.19 bits per heavy atom. The first kappa shape index (κ1) is 103. The molecular formula is C97H116F5N9O21. The summed E-state index contributed by atoms with van der Waals surface area (Å²) in [6, 6.07) is 50.6. The molecule has 35 heteroatoms. The van der Waals surface area contributed by atoms with Gasteiger partial charge in [-0.15, -0.1) is 0 Å². The number of hydrazine groups is 2. The number of esters is 3. The summed E-state index contributed by atoms with van der Waals surface area (Å²) in [6.07, 6.45) is -1.19. The van der Waals surface area contributed by atoms with Gasteiger partial charge in [-0.3, -0.25) is 38.4 Å². The molecule has 0 unspecified atom stereocenters. The van der Waals surface area contributed by atoms with E-state index in [9.17, 15) is 69.9 Å². The Balaban J connectivity index is 0.000000241. The van der Waals surface area contributed by atoms with Gasteiger partial charge in [-0.2, -0.15) is 8.78 Å². The number of hydrogen-bond acceptors (Lipinski definition) is 22. The smallest absolute Gasteiger partial charge is 0.424 e. The second kappa shape index (κ2) is 49.7. The monoisotopic (exact) mass is 1840 g/mol. The lowest BCUT2D eigenvalue weighted by Gasteiger charge is -2.28. The van der Waals surface area contributed by atoms with Gasteiger partial charge in [0.05, 0.1) is 91.2 Å². The van der Waals surface area contributed by atoms with Gasteiger partial charge in [0.2, 0.25) is 46.6 Å². The lowest BCUT2D eigenvalue weighted by molar-refractivity contribution is -0.156. The van der Waals surface area contributed by atoms with Gasteiger partial charge in [0.1, 0.15) is 30.2 Å². The number of nitrogens with zero attached hydrogens (tertiary/aromatic N) is 6. The summed E-state index contributed by atoms with van der Waals surface area (Å²) in [5.41, 5.74) is 16.6. The number of aromatic nitrogens is 2. The number of carbonyl (C=O) groups is 10. The number of Topliss-reactive ketones (excluding diaryl/α,β-unsaturated/α-hetero) is 1. The van der Waals surface area contributed by atoms with Gasteiger partial charge in [0.15, 0.2) is 0 Å². The van der Waals surface area contributed by atoms with Crippen LogP contribution in [-0.2, 0) is 102 Å². The Hall–Kier alpha value is -12.5. The van der Waals surface area contributed by atoms with Gasteiger partial charge >= 0.3 is 42.0 Å². The molecule has 9 aromatic rings. The molecule has 0 aliphatic heterocycles. The number of rotatable bonds is 45. The van der Waals surface area contributed by atoms with Gasteiger partial charge in [-0.05, 0) is 134 Å². The summed E-state index contributed by atoms with van der Waals surface area (Å²) in [6.45, 7) is 14.0. The lowest BCUT2D eigenvalue weighted by Crippen LogP contribution is -2.42. The SMILES string of the molecule is CC(C)(C)OC(=O)CC[C@H](N)C(=O)NCCOCCOCCC(=O)O.CN(Cc1cc2ccccc2n1CCC(=O)C[C@@H](CCC(=O)OC(C)(C)C)C(=O)NCCOCCOCCC(=O)O)N(C)C(=O)OCC1c2ccccc2-c2ccccc21.CN(Cc1cc2ccccc2n1CCC(=O)Oc1c(F)c(F)c(F)c(F)c1F)N(C)C(=O)OCC1c2ccccc2-c2ccccc21. The van der Waals surface area contributed by atoms with Gasteiger partial charge in [-0.25, -0.2) is 42.8 Å². The highest BCUT2D eigenvalue weighted by Gasteiger charge is 2.35. The van der Waals surface area contributed by atoms with E-state index < -0.39 is 100 Å². The number of hydrogen-bond donors (Lipinski definition) is 5. The Labute approximate surface area is 762 Å². The fourth-order valence-corrected chi connectivity index (χ4v) is 14.9. The van der Waals surface area contributed by atoms with Crippen molar-refractivity contribution >= 4 is 81.4 Å². The zero-order chi connectivity index (χ0) is 95.9. The van der Waals surface area contributed by atoms with E-state index >= 15 is 0 Å². The molecular weight excluding hydrogens is 1720 g/mol. The molecule has 2 atom stereocenters. The van der Waals surface area contributed by atoms with Crippen molar-refractivity contribution in [3.05, 3.63) is 220 Å². The van der Waals surface area contributed by atoms with Crippen LogP contribution in [0.4, 0.5) is 31.5 Å². The fourth-order valence-electron chi connectivity index (χ4n) is 14.9. The summed E-state index contributed by atoms with van der Waals surface area (Å²) in [4.78, 5) is 123. The summed E-state index contributed by atoms with van der Waals surface area (Å²) in [7, 11) is 6.72. The third-order valence-corrected chi connectivity index (χ3v) is 21.5. The fraction of sp³-hybridized carbons (Fsp3) is 0.423. The highest BCUT2D eigenvalue weighted by atomic mass is 19.2. The van der Waals surface area contributed by atoms with E-state index in [1.54, 1.807) is 89.4 Å². The summed E-state index contributed by atoms with van der Waals surface area (Å²) >= 11 is 0. The number of ether oxygens (including phenoxy) is 9. The third kappa shape index (κ3) is 30.3. The zero-order valence-electron chi connectivity index (χ0n) is 75.8. The summed E-state index contributed by atoms with van der Waals surface area (Å²) in [5.74, 6) is -18.6. The topological polar surface area (TPSA) is 367 Å². The number of fused-ring (bicyclic) bond motifs is 8. The number of halogens is 5. The standard InChI is InChI=1S/C46H58N4O10.C35H28F5N3O4.C16H30N2O7/c1-46(2,3)60-43(54)19-18-33(44(55)47-22-25-58-27-26-57-24-21-42(52)53)29-35(51)20-23-50-34(28-32-12-6-11-17-41(32)50)30-48(4)49(5)45(56)59-31-40-38-15-9-7-13-36(38)37-14-8-10-16-39(37)40;1-41(42(2)35(45)46-19-26-24-12-6-4-10-22(24)23-11-5-7-13-25(23)26)18-21-17-20-9-3-8-14-27(20)43(21)16-15-28(44)47-34-32(39)30(37)29(36)31(38)33(34)40;1-16(2,3)25-14(21)5-4-12(17)15(22)18-7-9-24-11-10-23-8-6-13(19)20/h6-17,28,33,40H,18-27,29-31H2,1-5H3,(H,47,55)(H,52,53);3-14,17,26H,15-16,18-19H2,1-2H3;12H,4-11,17H2,1-3H3,(H,18,22)(H,19,20)/t33-;;12-/m1.0/s1. The number of para-hydroxylation sites is 2. The van der Waals surface area contributed by atoms with Gasteiger partial charge in [0.25, 0.3) is 0 Å². The average Bonchev–Trinajstić information content (AvgIpc) is 1.60. The van der Waals surface area contributed by atoms with Crippen LogP contribution < -0.4 is 21.1 Å². The van der Waals surface area contributed by atoms with Crippen LogP contribution in [0.25, 0.3) is 44.1 Å². The van der Waals surface area contributed by atoms with Crippen molar-refractivity contribution < 1.29 is 123 Å². The number of benzene rings is 7. The number of carbonyl (C=O) groups excluding carboxylic acids is 8. The third-order valence-electron chi connectivity index (χ3n) is 21.5. The van der Waals surface area contributed by atoms with Crippen LogP contribution in [0.2, 0.25) is 0 Å². The van der Waals surface area contributed by atoms with Crippen LogP contribution in [0.5, 0.6) is 5.75 Å². The van der Waals surface area contributed by atoms with Crippen LogP contribution in [0.15, 0.2) is 158 Å². The lowest BCUT2D eigenvalue weighted by atomic mass is 9.94. The average molecular weight is 1840 g/mol. The zero-order valence-corrected chi connectivity index (χ0v) is 75.8. The normalized spacial score (nSPS) is 12.6. The van der Waals surface area contributed by atoms with Crippen molar-refractivity contribution in [1.82, 2.24) is 39.8 Å². The first-order valence-corrected chi connectivity index (χ1v) is 43.4. The van der Waals surface area contributed by atoms with E-state index in [0.29, 0.717) is 30.9 Å². The highest BCUT2D eigenvalue weighted by Crippen LogP contribution is 2.46. The molecule has 132 heavy (non-hydrogen) atoms. The first-order valence-electron chi connectivity index (χ1n) is 43.4. The maximum atomic E-state index is 14.1. The number of carboxylic acids is 2. The van der Waals surface area contributed by atoms with Crippen LogP contribution in [0.1, 0.15) is 145 Å². The molecule has 0 bridgehead atoms. The van der Waals surface area contributed by atoms with Crippen LogP contribution in [0.3, 0.4) is 0 Å². The molecule has 4 amide bonds. The maximum absolute atomic E-state index is 14.1. The first-order chi connectivity index (χ1) is 62.9. The van der Waals surface area contributed by atoms with E-state index in [-0.39, 0.29) is 172 Å². The molecule has 0 fully saturated rings. The number of aryl methyl sites for hydroxylation is 2. The number of nitrogens with one attached hydrogen (secondary N) is 2. The molecule has 11 rings (SSSR count). The van der Waals surface area contributed by atoms with Crippen LogP contribution in [0, 0.1) is 35.0 Å². The minimum Gasteiger partial charge on any atom is -0.481 e. The molecule has 2 heterocycles. The number of carboxylic acid groups (broad SMARTS) is 2. The van der Waals surface area contributed by atoms with E-state index in [0.717, 1.165) is 66.5 Å². The van der Waals surface area contributed by atoms with Gasteiger partial charge in [-0.1, -0.05) is 133 Å². The Bertz CT molecular complexity index is 5360. The molecule has 7 aromatic carbocycles. The Morgan fingerprint density at radius 1 is 0.432 bits per heavy atom. The van der Waals surface area contributed by atoms with Crippen molar-refractivity contribution in [3.8, 4) is 28.0 Å². The van der Waals surface area contributed by atoms with Gasteiger partial charge in [0, 0.05) is 120 Å². The molecule has 2 aliphatic carbocycles. The van der Waals surface area contributed by atoms with Crippen LogP contribution in [-0.4, -0.2) is 224 Å². The molecule has 2 aliphatic rings. The molecule has 710 valence electrons. The number of nitrogens with two attached hydrogens (primary N) is 1. The maximum Gasteiger partial charge on any atom is 0.424 e.